The van der Waals surface area contributed by atoms with Crippen molar-refractivity contribution < 1.29 is 23.3 Å². The van der Waals surface area contributed by atoms with E-state index in [4.69, 9.17) is 21.1 Å². The van der Waals surface area contributed by atoms with Crippen molar-refractivity contribution >= 4 is 40.0 Å². The lowest BCUT2D eigenvalue weighted by Gasteiger charge is -2.15. The van der Waals surface area contributed by atoms with Gasteiger partial charge in [0.05, 0.1) is 33.4 Å². The van der Waals surface area contributed by atoms with Gasteiger partial charge < -0.3 is 14.8 Å². The Bertz CT molecular complexity index is 855. The molecule has 26 heavy (non-hydrogen) atoms. The summed E-state index contributed by atoms with van der Waals surface area (Å²) in [4.78, 5) is 24.9. The SMILES string of the molecule is COc1ccc(NC(=O)[C@@H](C)OC(=O)c2ccccc2[S@](C)=O)cc1Cl. The van der Waals surface area contributed by atoms with Crippen LogP contribution in [0, 0.1) is 0 Å². The first-order valence-corrected chi connectivity index (χ1v) is 9.55. The normalized spacial score (nSPS) is 12.8. The van der Waals surface area contributed by atoms with Crippen LogP contribution >= 0.6 is 11.6 Å². The van der Waals surface area contributed by atoms with Gasteiger partial charge >= 0.3 is 5.97 Å². The van der Waals surface area contributed by atoms with Gasteiger partial charge in [-0.1, -0.05) is 23.7 Å². The van der Waals surface area contributed by atoms with Crippen molar-refractivity contribution in [1.82, 2.24) is 0 Å². The lowest BCUT2D eigenvalue weighted by atomic mass is 10.2. The second-order valence-corrected chi connectivity index (χ2v) is 7.09. The Kier molecular flexibility index (Phi) is 6.76. The number of benzene rings is 2. The largest absolute Gasteiger partial charge is 0.495 e. The minimum absolute atomic E-state index is 0.167. The Hall–Kier alpha value is -2.38. The number of hydrogen-bond donors (Lipinski definition) is 1. The number of rotatable bonds is 6. The molecule has 2 atom stereocenters. The van der Waals surface area contributed by atoms with Crippen LogP contribution in [-0.4, -0.2) is 35.6 Å². The zero-order valence-electron chi connectivity index (χ0n) is 14.4. The number of amides is 1. The monoisotopic (exact) mass is 395 g/mol. The lowest BCUT2D eigenvalue weighted by Crippen LogP contribution is -2.30. The van der Waals surface area contributed by atoms with Gasteiger partial charge in [0.15, 0.2) is 6.10 Å². The zero-order valence-corrected chi connectivity index (χ0v) is 16.0. The predicted molar refractivity (Wildman–Crippen MR) is 100 cm³/mol. The Morgan fingerprint density at radius 2 is 1.88 bits per heavy atom. The molecule has 2 aromatic rings. The molecule has 0 spiro atoms. The second kappa shape index (κ2) is 8.82. The van der Waals surface area contributed by atoms with Gasteiger partial charge in [-0.05, 0) is 37.3 Å². The first kappa shape index (κ1) is 19.9. The molecule has 0 radical (unpaired) electrons. The van der Waals surface area contributed by atoms with Crippen LogP contribution < -0.4 is 10.1 Å². The number of ether oxygens (including phenoxy) is 2. The van der Waals surface area contributed by atoms with E-state index in [0.29, 0.717) is 21.4 Å². The summed E-state index contributed by atoms with van der Waals surface area (Å²) in [6.07, 6.45) is 0.414. The topological polar surface area (TPSA) is 81.7 Å². The summed E-state index contributed by atoms with van der Waals surface area (Å²) in [5.74, 6) is -0.755. The van der Waals surface area contributed by atoms with Gasteiger partial charge in [0.1, 0.15) is 5.75 Å². The molecular weight excluding hydrogens is 378 g/mol. The Labute approximate surface area is 158 Å². The number of methoxy groups -OCH3 is 1. The number of anilines is 1. The third-order valence-corrected chi connectivity index (χ3v) is 4.76. The molecule has 0 aliphatic heterocycles. The van der Waals surface area contributed by atoms with E-state index in [0.717, 1.165) is 0 Å². The molecule has 8 heteroatoms. The molecule has 2 aromatic carbocycles. The number of nitrogens with one attached hydrogen (secondary N) is 1. The van der Waals surface area contributed by atoms with E-state index in [9.17, 15) is 13.8 Å². The molecule has 0 aliphatic carbocycles. The first-order chi connectivity index (χ1) is 12.3. The van der Waals surface area contributed by atoms with E-state index in [1.807, 2.05) is 0 Å². The van der Waals surface area contributed by atoms with Crippen molar-refractivity contribution in [3.8, 4) is 5.75 Å². The number of halogens is 1. The summed E-state index contributed by atoms with van der Waals surface area (Å²) in [5, 5.41) is 2.95. The Morgan fingerprint density at radius 1 is 1.19 bits per heavy atom. The van der Waals surface area contributed by atoms with Gasteiger partial charge in [0, 0.05) is 11.9 Å². The van der Waals surface area contributed by atoms with Crippen LogP contribution in [0.15, 0.2) is 47.4 Å². The smallest absolute Gasteiger partial charge is 0.340 e. The predicted octanol–water partition coefficient (Wildman–Crippen LogP) is 3.27. The molecular formula is C18H18ClNO5S. The highest BCUT2D eigenvalue weighted by Gasteiger charge is 2.22. The van der Waals surface area contributed by atoms with Crippen LogP contribution in [-0.2, 0) is 20.3 Å². The highest BCUT2D eigenvalue weighted by Crippen LogP contribution is 2.27. The molecule has 0 fully saturated rings. The Balaban J connectivity index is 2.06. The molecule has 0 saturated heterocycles. The third kappa shape index (κ3) is 4.83. The van der Waals surface area contributed by atoms with Crippen LogP contribution in [0.2, 0.25) is 5.02 Å². The van der Waals surface area contributed by atoms with Gasteiger partial charge in [0.2, 0.25) is 0 Å². The van der Waals surface area contributed by atoms with Gasteiger partial charge in [-0.2, -0.15) is 0 Å². The van der Waals surface area contributed by atoms with Gasteiger partial charge in [0.25, 0.3) is 5.91 Å². The maximum atomic E-state index is 12.3. The van der Waals surface area contributed by atoms with Crippen molar-refractivity contribution in [2.24, 2.45) is 0 Å². The van der Waals surface area contributed by atoms with Crippen LogP contribution in [0.4, 0.5) is 5.69 Å². The standard InChI is InChI=1S/C18H18ClNO5S/c1-11(17(21)20-12-8-9-15(24-2)14(19)10-12)25-18(22)13-6-4-5-7-16(13)26(3)23/h4-11H,1-3H3,(H,20,21)/t11-,26+/m1/s1. The number of carbonyl (C=O) groups is 2. The average Bonchev–Trinajstić information content (AvgIpc) is 2.61. The highest BCUT2D eigenvalue weighted by molar-refractivity contribution is 7.84. The number of hydrogen-bond acceptors (Lipinski definition) is 5. The van der Waals surface area contributed by atoms with Crippen molar-refractivity contribution in [1.29, 1.82) is 0 Å². The molecule has 2 rings (SSSR count). The van der Waals surface area contributed by atoms with Gasteiger partial charge in [-0.3, -0.25) is 9.00 Å². The fourth-order valence-corrected chi connectivity index (χ4v) is 3.14. The van der Waals surface area contributed by atoms with Crippen molar-refractivity contribution in [3.63, 3.8) is 0 Å². The van der Waals surface area contributed by atoms with Crippen LogP contribution in [0.3, 0.4) is 0 Å². The first-order valence-electron chi connectivity index (χ1n) is 7.61. The number of esters is 1. The molecule has 0 unspecified atom stereocenters. The molecule has 0 saturated carbocycles. The fraction of sp³-hybridized carbons (Fsp3) is 0.222. The maximum Gasteiger partial charge on any atom is 0.340 e. The molecule has 138 valence electrons. The minimum atomic E-state index is -1.35. The molecule has 0 heterocycles. The van der Waals surface area contributed by atoms with Crippen molar-refractivity contribution in [2.75, 3.05) is 18.7 Å². The second-order valence-electron chi connectivity index (χ2n) is 5.34. The van der Waals surface area contributed by atoms with E-state index in [2.05, 4.69) is 5.32 Å². The fourth-order valence-electron chi connectivity index (χ4n) is 2.15. The zero-order chi connectivity index (χ0) is 19.3. The highest BCUT2D eigenvalue weighted by atomic mass is 35.5. The van der Waals surface area contributed by atoms with E-state index in [1.165, 1.54) is 32.4 Å². The quantitative estimate of drug-likeness (QED) is 0.759. The van der Waals surface area contributed by atoms with E-state index in [-0.39, 0.29) is 5.56 Å². The minimum Gasteiger partial charge on any atom is -0.495 e. The molecule has 1 N–H and O–H groups in total. The summed E-state index contributed by atoms with van der Waals surface area (Å²) in [6.45, 7) is 1.45. The molecule has 0 aromatic heterocycles. The summed E-state index contributed by atoms with van der Waals surface area (Å²) >= 11 is 6.01. The van der Waals surface area contributed by atoms with Crippen molar-refractivity contribution in [3.05, 3.63) is 53.1 Å². The summed E-state index contributed by atoms with van der Waals surface area (Å²) < 4.78 is 22.0. The van der Waals surface area contributed by atoms with Gasteiger partial charge in [-0.25, -0.2) is 4.79 Å². The molecule has 0 bridgehead atoms. The molecule has 0 aliphatic rings. The van der Waals surface area contributed by atoms with Crippen LogP contribution in [0.5, 0.6) is 5.75 Å². The van der Waals surface area contributed by atoms with Crippen molar-refractivity contribution in [2.45, 2.75) is 17.9 Å². The van der Waals surface area contributed by atoms with E-state index in [1.54, 1.807) is 30.3 Å². The van der Waals surface area contributed by atoms with Crippen LogP contribution in [0.25, 0.3) is 0 Å². The van der Waals surface area contributed by atoms with E-state index < -0.39 is 28.8 Å². The maximum absolute atomic E-state index is 12.3. The third-order valence-electron chi connectivity index (χ3n) is 3.49. The average molecular weight is 396 g/mol. The number of carbonyl (C=O) groups excluding carboxylic acids is 2. The lowest BCUT2D eigenvalue weighted by molar-refractivity contribution is -0.123. The Morgan fingerprint density at radius 3 is 2.50 bits per heavy atom. The molecule has 1 amide bonds. The van der Waals surface area contributed by atoms with Crippen LogP contribution in [0.1, 0.15) is 17.3 Å². The summed E-state index contributed by atoms with van der Waals surface area (Å²) in [6, 6.07) is 11.2. The van der Waals surface area contributed by atoms with Gasteiger partial charge in [-0.15, -0.1) is 0 Å². The summed E-state index contributed by atoms with van der Waals surface area (Å²) in [5.41, 5.74) is 0.610. The summed E-state index contributed by atoms with van der Waals surface area (Å²) in [7, 11) is 0.136. The van der Waals surface area contributed by atoms with E-state index >= 15 is 0 Å². The molecule has 6 nitrogen and oxygen atoms in total.